The lowest BCUT2D eigenvalue weighted by Crippen LogP contribution is -2.41. The van der Waals surface area contributed by atoms with Crippen molar-refractivity contribution >= 4 is 46.4 Å². The summed E-state index contributed by atoms with van der Waals surface area (Å²) in [4.78, 5) is 13.0. The smallest absolute Gasteiger partial charge is 0.455 e. The molecule has 2 N–H and O–H groups in total. The van der Waals surface area contributed by atoms with Crippen LogP contribution >= 0.6 is 0 Å². The van der Waals surface area contributed by atoms with Crippen molar-refractivity contribution in [2.45, 2.75) is 64.2 Å². The first kappa shape index (κ1) is 30.5. The molecule has 1 saturated carbocycles. The number of furan rings is 1. The Morgan fingerprint density at radius 3 is 2.27 bits per heavy atom. The van der Waals surface area contributed by atoms with E-state index in [1.807, 2.05) is 33.8 Å². The van der Waals surface area contributed by atoms with Crippen molar-refractivity contribution in [3.05, 3.63) is 82.9 Å². The van der Waals surface area contributed by atoms with Crippen LogP contribution in [0.1, 0.15) is 67.9 Å². The molecule has 8 nitrogen and oxygen atoms in total. The molecule has 1 aliphatic heterocycles. The van der Waals surface area contributed by atoms with E-state index in [1.54, 1.807) is 18.2 Å². The molecule has 230 valence electrons. The summed E-state index contributed by atoms with van der Waals surface area (Å²) < 4.78 is 71.8. The first-order valence-corrected chi connectivity index (χ1v) is 15.5. The van der Waals surface area contributed by atoms with Crippen molar-refractivity contribution < 1.29 is 36.1 Å². The molecule has 1 amide bonds. The highest BCUT2D eigenvalue weighted by Crippen LogP contribution is 2.48. The number of anilines is 1. The lowest BCUT2D eigenvalue weighted by molar-refractivity contribution is 0.00578. The van der Waals surface area contributed by atoms with Crippen LogP contribution in [0.3, 0.4) is 0 Å². The summed E-state index contributed by atoms with van der Waals surface area (Å²) in [5.74, 6) is -0.975. The molecule has 2 aliphatic rings. The van der Waals surface area contributed by atoms with Gasteiger partial charge in [0.2, 0.25) is 0 Å². The average molecular weight is 622 g/mol. The Morgan fingerprint density at radius 2 is 1.70 bits per heavy atom. The van der Waals surface area contributed by atoms with Crippen LogP contribution in [0.15, 0.2) is 59.0 Å². The van der Waals surface area contributed by atoms with Crippen molar-refractivity contribution in [1.29, 1.82) is 0 Å². The zero-order chi connectivity index (χ0) is 31.6. The molecule has 1 aromatic heterocycles. The molecular weight excluding hydrogens is 589 g/mol. The first-order chi connectivity index (χ1) is 20.8. The minimum Gasteiger partial charge on any atom is -0.455 e. The van der Waals surface area contributed by atoms with Crippen molar-refractivity contribution in [3.8, 4) is 11.3 Å². The number of carbonyl (C=O) groups is 1. The molecule has 2 heterocycles. The van der Waals surface area contributed by atoms with Gasteiger partial charge >= 0.3 is 7.12 Å². The molecule has 0 bridgehead atoms. The first-order valence-electron chi connectivity index (χ1n) is 14.4. The average Bonchev–Trinajstić information content (AvgIpc) is 3.70. The van der Waals surface area contributed by atoms with Crippen molar-refractivity contribution in [1.82, 2.24) is 5.32 Å². The molecule has 1 aliphatic carbocycles. The van der Waals surface area contributed by atoms with Crippen LogP contribution in [-0.2, 0) is 27.1 Å². The van der Waals surface area contributed by atoms with E-state index in [0.29, 0.717) is 33.3 Å². The molecule has 0 radical (unpaired) electrons. The summed E-state index contributed by atoms with van der Waals surface area (Å²) in [5, 5.41) is 3.18. The fourth-order valence-electron chi connectivity index (χ4n) is 5.46. The maximum atomic E-state index is 15.4. The number of carbonyl (C=O) groups excluding carboxylic acids is 1. The number of nitrogens with one attached hydrogen (secondary N) is 1. The number of hydrogen-bond acceptors (Lipinski definition) is 5. The van der Waals surface area contributed by atoms with Gasteiger partial charge in [-0.05, 0) is 94.0 Å². The van der Waals surface area contributed by atoms with E-state index in [1.165, 1.54) is 41.7 Å². The lowest BCUT2D eigenvalue weighted by atomic mass is 9.78. The van der Waals surface area contributed by atoms with E-state index >= 15 is 4.39 Å². The maximum Gasteiger partial charge on any atom is 0.497 e. The van der Waals surface area contributed by atoms with Gasteiger partial charge in [0.1, 0.15) is 23.0 Å². The number of fused-ring (bicyclic) bond motifs is 1. The zero-order valence-corrected chi connectivity index (χ0v) is 25.9. The third-order valence-electron chi connectivity index (χ3n) is 8.77. The third-order valence-corrected chi connectivity index (χ3v) is 9.47. The highest BCUT2D eigenvalue weighted by molar-refractivity contribution is 7.80. The topological polar surface area (TPSA) is 101 Å². The second-order valence-electron chi connectivity index (χ2n) is 12.3. The second-order valence-corrected chi connectivity index (χ2v) is 13.2. The number of hydrogen-bond donors (Lipinski definition) is 2. The Bertz CT molecular complexity index is 1770. The molecule has 1 unspecified atom stereocenters. The molecule has 1 saturated heterocycles. The minimum atomic E-state index is -2.48. The number of halogens is 2. The predicted molar refractivity (Wildman–Crippen MR) is 166 cm³/mol. The van der Waals surface area contributed by atoms with Crippen LogP contribution < -0.4 is 15.1 Å². The van der Waals surface area contributed by atoms with Crippen LogP contribution in [0.4, 0.5) is 14.5 Å². The Balaban J connectivity index is 1.39. The highest BCUT2D eigenvalue weighted by atomic mass is 32.2. The maximum absolute atomic E-state index is 15.4. The molecule has 44 heavy (non-hydrogen) atoms. The third kappa shape index (κ3) is 5.44. The summed E-state index contributed by atoms with van der Waals surface area (Å²) in [6.45, 7) is 7.48. The van der Waals surface area contributed by atoms with Gasteiger partial charge in [-0.3, -0.25) is 13.7 Å². The van der Waals surface area contributed by atoms with E-state index in [-0.39, 0.29) is 29.6 Å². The van der Waals surface area contributed by atoms with Gasteiger partial charge in [-0.2, -0.15) is 0 Å². The molecular formula is C32H33BF2N2O6S. The number of nitrogens with zero attached hydrogens (tertiary/aromatic N) is 1. The van der Waals surface area contributed by atoms with Crippen LogP contribution in [0, 0.1) is 11.6 Å². The standard InChI is InChI=1S/C32H33BF2N2O6S/c1-31(2)32(3,4)43-33(42-31)24-13-6-18(14-25(24)35)17-37(44(39)40)26-16-27-23(15-22(26)19-7-8-19)28(30(38)36-5)29(41-27)20-9-11-21(34)12-10-20/h6,9-16,19H,7-8,17H2,1-5H3,(H,36,38)(H,39,40). The second kappa shape index (κ2) is 11.1. The summed E-state index contributed by atoms with van der Waals surface area (Å²) in [7, 11) is 0.629. The van der Waals surface area contributed by atoms with E-state index in [9.17, 15) is 17.9 Å². The Kier molecular flexibility index (Phi) is 7.68. The predicted octanol–water partition coefficient (Wildman–Crippen LogP) is 6.06. The van der Waals surface area contributed by atoms with Crippen molar-refractivity contribution in [3.63, 3.8) is 0 Å². The van der Waals surface area contributed by atoms with Gasteiger partial charge < -0.3 is 19.0 Å². The van der Waals surface area contributed by atoms with Gasteiger partial charge in [-0.25, -0.2) is 13.0 Å². The minimum absolute atomic E-state index is 0.0806. The SMILES string of the molecule is CNC(=O)c1c(-c2ccc(F)cc2)oc2cc(N(Cc3ccc(B4OC(C)(C)C(C)(C)O4)c(F)c3)S(=O)O)c(C3CC3)cc12. The van der Waals surface area contributed by atoms with Gasteiger partial charge in [0.15, 0.2) is 0 Å². The molecule has 0 spiro atoms. The number of benzene rings is 3. The summed E-state index contributed by atoms with van der Waals surface area (Å²) in [5.41, 5.74) is 1.79. The normalized spacial score (nSPS) is 18.0. The monoisotopic (exact) mass is 622 g/mol. The Labute approximate surface area is 257 Å². The van der Waals surface area contributed by atoms with Gasteiger partial charge in [-0.15, -0.1) is 0 Å². The summed E-state index contributed by atoms with van der Waals surface area (Å²) in [6.07, 6.45) is 1.75. The molecule has 12 heteroatoms. The fraction of sp³-hybridized carbons (Fsp3) is 0.344. The molecule has 6 rings (SSSR count). The van der Waals surface area contributed by atoms with E-state index in [4.69, 9.17) is 13.7 Å². The molecule has 3 aromatic carbocycles. The van der Waals surface area contributed by atoms with Gasteiger partial charge in [0.05, 0.1) is 29.0 Å². The van der Waals surface area contributed by atoms with E-state index < -0.39 is 41.2 Å². The quantitative estimate of drug-likeness (QED) is 0.183. The van der Waals surface area contributed by atoms with Crippen LogP contribution in [-0.4, -0.2) is 40.0 Å². The number of amides is 1. The summed E-state index contributed by atoms with van der Waals surface area (Å²) in [6, 6.07) is 13.7. The molecule has 1 atom stereocenters. The Hall–Kier alpha value is -3.58. The van der Waals surface area contributed by atoms with Gasteiger partial charge in [-0.1, -0.05) is 12.1 Å². The van der Waals surface area contributed by atoms with Gasteiger partial charge in [0, 0.05) is 29.5 Å². The van der Waals surface area contributed by atoms with Crippen LogP contribution in [0.25, 0.3) is 22.3 Å². The molecule has 2 fully saturated rings. The van der Waals surface area contributed by atoms with Gasteiger partial charge in [0.25, 0.3) is 17.2 Å². The van der Waals surface area contributed by atoms with Crippen LogP contribution in [0.5, 0.6) is 0 Å². The van der Waals surface area contributed by atoms with Crippen molar-refractivity contribution in [2.75, 3.05) is 11.4 Å². The fourth-order valence-corrected chi connectivity index (χ4v) is 6.05. The van der Waals surface area contributed by atoms with E-state index in [0.717, 1.165) is 18.4 Å². The van der Waals surface area contributed by atoms with Crippen molar-refractivity contribution in [2.24, 2.45) is 0 Å². The lowest BCUT2D eigenvalue weighted by Gasteiger charge is -2.32. The number of rotatable bonds is 8. The Morgan fingerprint density at radius 1 is 1.05 bits per heavy atom. The highest BCUT2D eigenvalue weighted by Gasteiger charge is 2.52. The van der Waals surface area contributed by atoms with E-state index in [2.05, 4.69) is 5.32 Å². The zero-order valence-electron chi connectivity index (χ0n) is 25.1. The summed E-state index contributed by atoms with van der Waals surface area (Å²) >= 11 is -2.48. The van der Waals surface area contributed by atoms with Crippen LogP contribution in [0.2, 0.25) is 0 Å². The largest absolute Gasteiger partial charge is 0.497 e. The molecule has 4 aromatic rings.